The summed E-state index contributed by atoms with van der Waals surface area (Å²) >= 11 is 0. The molecule has 0 aliphatic heterocycles. The van der Waals surface area contributed by atoms with Crippen LogP contribution in [0, 0.1) is 6.92 Å². The zero-order chi connectivity index (χ0) is 10.7. The summed E-state index contributed by atoms with van der Waals surface area (Å²) in [5.74, 6) is 0.830. The van der Waals surface area contributed by atoms with E-state index in [9.17, 15) is 0 Å². The van der Waals surface area contributed by atoms with Crippen LogP contribution in [-0.2, 0) is 0 Å². The highest BCUT2D eigenvalue weighted by Gasteiger charge is 2.02. The lowest BCUT2D eigenvalue weighted by molar-refractivity contribution is 0.409. The first-order chi connectivity index (χ1) is 7.31. The lowest BCUT2D eigenvalue weighted by Crippen LogP contribution is -1.91. The van der Waals surface area contributed by atoms with Gasteiger partial charge < -0.3 is 4.74 Å². The molecule has 0 bridgehead atoms. The van der Waals surface area contributed by atoms with Gasteiger partial charge in [0.05, 0.1) is 12.8 Å². The predicted octanol–water partition coefficient (Wildman–Crippen LogP) is 3.07. The molecule has 2 rings (SSSR count). The molecule has 0 radical (unpaired) electrons. The number of hydrogen-bond acceptors (Lipinski definition) is 2. The number of benzene rings is 1. The summed E-state index contributed by atoms with van der Waals surface area (Å²) in [5.41, 5.74) is 3.15. The van der Waals surface area contributed by atoms with E-state index < -0.39 is 0 Å². The SMILES string of the molecule is COc1cc(-c2ccccc2)cnc1C. The molecule has 0 amide bonds. The van der Waals surface area contributed by atoms with Crippen molar-refractivity contribution in [3.05, 3.63) is 48.3 Å². The molecule has 0 aliphatic rings. The number of methoxy groups -OCH3 is 1. The maximum absolute atomic E-state index is 5.24. The number of aromatic nitrogens is 1. The van der Waals surface area contributed by atoms with E-state index in [1.807, 2.05) is 37.4 Å². The molecule has 1 aromatic heterocycles. The number of ether oxygens (including phenoxy) is 1. The topological polar surface area (TPSA) is 22.1 Å². The fourth-order valence-electron chi connectivity index (χ4n) is 1.51. The number of aryl methyl sites for hydroxylation is 1. The maximum Gasteiger partial charge on any atom is 0.140 e. The van der Waals surface area contributed by atoms with Crippen LogP contribution < -0.4 is 4.74 Å². The van der Waals surface area contributed by atoms with Crippen molar-refractivity contribution in [1.82, 2.24) is 4.98 Å². The number of nitrogens with zero attached hydrogens (tertiary/aromatic N) is 1. The van der Waals surface area contributed by atoms with E-state index in [1.54, 1.807) is 7.11 Å². The lowest BCUT2D eigenvalue weighted by atomic mass is 10.1. The number of hydrogen-bond donors (Lipinski definition) is 0. The Bertz CT molecular complexity index is 451. The Morgan fingerprint density at radius 2 is 1.80 bits per heavy atom. The van der Waals surface area contributed by atoms with Crippen LogP contribution in [0.5, 0.6) is 5.75 Å². The van der Waals surface area contributed by atoms with Gasteiger partial charge in [-0.05, 0) is 18.6 Å². The summed E-state index contributed by atoms with van der Waals surface area (Å²) in [6, 6.07) is 12.2. The van der Waals surface area contributed by atoms with Gasteiger partial charge in [0.25, 0.3) is 0 Å². The van der Waals surface area contributed by atoms with E-state index >= 15 is 0 Å². The molecule has 15 heavy (non-hydrogen) atoms. The van der Waals surface area contributed by atoms with E-state index in [-0.39, 0.29) is 0 Å². The second kappa shape index (κ2) is 4.13. The van der Waals surface area contributed by atoms with Gasteiger partial charge in [-0.1, -0.05) is 30.3 Å². The van der Waals surface area contributed by atoms with Crippen molar-refractivity contribution in [2.45, 2.75) is 6.92 Å². The Morgan fingerprint density at radius 3 is 2.47 bits per heavy atom. The van der Waals surface area contributed by atoms with Crippen LogP contribution in [-0.4, -0.2) is 12.1 Å². The summed E-state index contributed by atoms with van der Waals surface area (Å²) in [5, 5.41) is 0. The first-order valence-corrected chi connectivity index (χ1v) is 4.87. The van der Waals surface area contributed by atoms with Crippen molar-refractivity contribution in [1.29, 1.82) is 0 Å². The highest BCUT2D eigenvalue weighted by atomic mass is 16.5. The molecule has 1 aromatic carbocycles. The van der Waals surface area contributed by atoms with Crippen molar-refractivity contribution in [2.24, 2.45) is 0 Å². The number of pyridine rings is 1. The van der Waals surface area contributed by atoms with Crippen LogP contribution >= 0.6 is 0 Å². The van der Waals surface area contributed by atoms with Crippen molar-refractivity contribution in [2.75, 3.05) is 7.11 Å². The highest BCUT2D eigenvalue weighted by Crippen LogP contribution is 2.24. The second-order valence-electron chi connectivity index (χ2n) is 3.38. The van der Waals surface area contributed by atoms with Crippen molar-refractivity contribution in [3.8, 4) is 16.9 Å². The smallest absolute Gasteiger partial charge is 0.140 e. The summed E-state index contributed by atoms with van der Waals surface area (Å²) in [6.45, 7) is 1.94. The molecule has 0 unspecified atom stereocenters. The Balaban J connectivity index is 2.46. The molecule has 2 heteroatoms. The van der Waals surface area contributed by atoms with Crippen LogP contribution in [0.4, 0.5) is 0 Å². The van der Waals surface area contributed by atoms with E-state index in [1.165, 1.54) is 0 Å². The Labute approximate surface area is 89.6 Å². The molecule has 1 heterocycles. The fraction of sp³-hybridized carbons (Fsp3) is 0.154. The summed E-state index contributed by atoms with van der Waals surface area (Å²) in [7, 11) is 1.67. The van der Waals surface area contributed by atoms with E-state index in [4.69, 9.17) is 4.74 Å². The standard InChI is InChI=1S/C13H13NO/c1-10-13(15-2)8-12(9-14-10)11-6-4-3-5-7-11/h3-9H,1-2H3. The molecule has 2 aromatic rings. The molecular formula is C13H13NO. The summed E-state index contributed by atoms with van der Waals surface area (Å²) in [6.07, 6.45) is 1.87. The third-order valence-electron chi connectivity index (χ3n) is 2.37. The first kappa shape index (κ1) is 9.71. The Kier molecular flexibility index (Phi) is 2.68. The van der Waals surface area contributed by atoms with Crippen LogP contribution in [0.2, 0.25) is 0 Å². The fourth-order valence-corrected chi connectivity index (χ4v) is 1.51. The van der Waals surface area contributed by atoms with E-state index in [0.29, 0.717) is 0 Å². The minimum Gasteiger partial charge on any atom is -0.495 e. The minimum atomic E-state index is 0.830. The van der Waals surface area contributed by atoms with Crippen LogP contribution in [0.15, 0.2) is 42.6 Å². The van der Waals surface area contributed by atoms with Gasteiger partial charge in [-0.2, -0.15) is 0 Å². The largest absolute Gasteiger partial charge is 0.495 e. The Hall–Kier alpha value is -1.83. The number of rotatable bonds is 2. The van der Waals surface area contributed by atoms with Gasteiger partial charge in [0.15, 0.2) is 0 Å². The van der Waals surface area contributed by atoms with Gasteiger partial charge in [0, 0.05) is 11.8 Å². The van der Waals surface area contributed by atoms with Gasteiger partial charge in [0.1, 0.15) is 5.75 Å². The van der Waals surface area contributed by atoms with Crippen LogP contribution in [0.3, 0.4) is 0 Å². The van der Waals surface area contributed by atoms with Crippen molar-refractivity contribution < 1.29 is 4.74 Å². The molecule has 0 aliphatic carbocycles. The second-order valence-corrected chi connectivity index (χ2v) is 3.38. The monoisotopic (exact) mass is 199 g/mol. The molecule has 76 valence electrons. The van der Waals surface area contributed by atoms with Gasteiger partial charge in [-0.25, -0.2) is 0 Å². The lowest BCUT2D eigenvalue weighted by Gasteiger charge is -2.06. The molecule has 2 nitrogen and oxygen atoms in total. The van der Waals surface area contributed by atoms with E-state index in [0.717, 1.165) is 22.6 Å². The van der Waals surface area contributed by atoms with Gasteiger partial charge in [-0.3, -0.25) is 4.98 Å². The van der Waals surface area contributed by atoms with Gasteiger partial charge >= 0.3 is 0 Å². The summed E-state index contributed by atoms with van der Waals surface area (Å²) in [4.78, 5) is 4.30. The Morgan fingerprint density at radius 1 is 1.07 bits per heavy atom. The van der Waals surface area contributed by atoms with Gasteiger partial charge in [0.2, 0.25) is 0 Å². The zero-order valence-electron chi connectivity index (χ0n) is 8.90. The third-order valence-corrected chi connectivity index (χ3v) is 2.37. The molecule has 0 N–H and O–H groups in total. The maximum atomic E-state index is 5.24. The average molecular weight is 199 g/mol. The molecular weight excluding hydrogens is 186 g/mol. The highest BCUT2D eigenvalue weighted by molar-refractivity contribution is 5.64. The zero-order valence-corrected chi connectivity index (χ0v) is 8.90. The van der Waals surface area contributed by atoms with Crippen LogP contribution in [0.1, 0.15) is 5.69 Å². The molecule has 0 spiro atoms. The molecule has 0 fully saturated rings. The molecule has 0 saturated carbocycles. The predicted molar refractivity (Wildman–Crippen MR) is 61.0 cm³/mol. The van der Waals surface area contributed by atoms with Crippen molar-refractivity contribution in [3.63, 3.8) is 0 Å². The normalized spacial score (nSPS) is 10.0. The summed E-state index contributed by atoms with van der Waals surface area (Å²) < 4.78 is 5.24. The van der Waals surface area contributed by atoms with E-state index in [2.05, 4.69) is 17.1 Å². The average Bonchev–Trinajstić information content (AvgIpc) is 2.31. The molecule has 0 saturated heterocycles. The first-order valence-electron chi connectivity index (χ1n) is 4.87. The third kappa shape index (κ3) is 1.99. The van der Waals surface area contributed by atoms with Crippen molar-refractivity contribution >= 4 is 0 Å². The van der Waals surface area contributed by atoms with Crippen LogP contribution in [0.25, 0.3) is 11.1 Å². The minimum absolute atomic E-state index is 0.830. The molecule has 0 atom stereocenters. The van der Waals surface area contributed by atoms with Gasteiger partial charge in [-0.15, -0.1) is 0 Å². The quantitative estimate of drug-likeness (QED) is 0.741.